The van der Waals surface area contributed by atoms with Crippen molar-refractivity contribution in [3.63, 3.8) is 0 Å². The fourth-order valence-electron chi connectivity index (χ4n) is 3.18. The molecule has 1 aromatic heterocycles. The Morgan fingerprint density at radius 1 is 1.09 bits per heavy atom. The Morgan fingerprint density at radius 2 is 1.78 bits per heavy atom. The number of hydrogen-bond acceptors (Lipinski definition) is 5. The van der Waals surface area contributed by atoms with Gasteiger partial charge < -0.3 is 9.84 Å². The highest BCUT2D eigenvalue weighted by atomic mass is 32.2. The quantitative estimate of drug-likeness (QED) is 0.509. The van der Waals surface area contributed by atoms with E-state index in [0.717, 1.165) is 30.4 Å². The molecule has 8 heteroatoms. The summed E-state index contributed by atoms with van der Waals surface area (Å²) in [5.74, 6) is 0.511. The number of carbonyl (C=O) groups excluding carboxylic acids is 1. The predicted molar refractivity (Wildman–Crippen MR) is 125 cm³/mol. The molecule has 166 valence electrons. The number of nitrogens with one attached hydrogen (secondary N) is 2. The lowest BCUT2D eigenvalue weighted by Crippen LogP contribution is -2.14. The number of anilines is 2. The minimum absolute atomic E-state index is 0.0163. The van der Waals surface area contributed by atoms with E-state index >= 15 is 0 Å². The van der Waals surface area contributed by atoms with E-state index in [1.54, 1.807) is 55.5 Å². The third kappa shape index (κ3) is 5.08. The van der Waals surface area contributed by atoms with Crippen molar-refractivity contribution in [3.05, 3.63) is 71.1 Å². The minimum Gasteiger partial charge on any atom is -0.354 e. The average Bonchev–Trinajstić information content (AvgIpc) is 3.59. The van der Waals surface area contributed by atoms with Gasteiger partial charge >= 0.3 is 0 Å². The van der Waals surface area contributed by atoms with Crippen LogP contribution >= 0.6 is 0 Å². The van der Waals surface area contributed by atoms with Crippen molar-refractivity contribution in [1.82, 2.24) is 5.16 Å². The molecule has 0 atom stereocenters. The van der Waals surface area contributed by atoms with Crippen LogP contribution in [0.2, 0.25) is 0 Å². The van der Waals surface area contributed by atoms with E-state index in [0.29, 0.717) is 22.8 Å². The summed E-state index contributed by atoms with van der Waals surface area (Å²) in [6.45, 7) is 3.82. The monoisotopic (exact) mass is 451 g/mol. The van der Waals surface area contributed by atoms with Gasteiger partial charge in [0.05, 0.1) is 4.90 Å². The molecule has 1 heterocycles. The molecule has 7 nitrogen and oxygen atoms in total. The molecule has 1 aliphatic rings. The number of benzene rings is 2. The second-order valence-electron chi connectivity index (χ2n) is 7.83. The van der Waals surface area contributed by atoms with Gasteiger partial charge in [0.25, 0.3) is 10.0 Å². The zero-order valence-electron chi connectivity index (χ0n) is 18.0. The normalized spacial score (nSPS) is 13.9. The van der Waals surface area contributed by atoms with E-state index in [1.807, 2.05) is 19.1 Å². The van der Waals surface area contributed by atoms with Crippen molar-refractivity contribution in [1.29, 1.82) is 0 Å². The smallest absolute Gasteiger partial charge is 0.261 e. The lowest BCUT2D eigenvalue weighted by Gasteiger charge is -2.09. The molecule has 0 aliphatic heterocycles. The number of hydrogen-bond donors (Lipinski definition) is 2. The second-order valence-corrected chi connectivity index (χ2v) is 9.51. The minimum atomic E-state index is -3.69. The zero-order chi connectivity index (χ0) is 22.7. The Morgan fingerprint density at radius 3 is 2.41 bits per heavy atom. The van der Waals surface area contributed by atoms with Crippen LogP contribution in [-0.2, 0) is 21.2 Å². The molecule has 1 aliphatic carbocycles. The third-order valence-electron chi connectivity index (χ3n) is 5.32. The fourth-order valence-corrected chi connectivity index (χ4v) is 4.24. The van der Waals surface area contributed by atoms with Gasteiger partial charge in [-0.2, -0.15) is 0 Å². The molecule has 1 amide bonds. The lowest BCUT2D eigenvalue weighted by atomic mass is 10.2. The van der Waals surface area contributed by atoms with Gasteiger partial charge in [-0.15, -0.1) is 0 Å². The number of rotatable bonds is 8. The van der Waals surface area contributed by atoms with Crippen LogP contribution in [-0.4, -0.2) is 19.5 Å². The summed E-state index contributed by atoms with van der Waals surface area (Å²) >= 11 is 0. The van der Waals surface area contributed by atoms with E-state index in [4.69, 9.17) is 4.52 Å². The Kier molecular flexibility index (Phi) is 6.14. The standard InChI is InChI=1S/C24H25N3O4S/c1-3-17-4-11-20(12-5-17)27-32(29,30)21-13-6-18(7-14-21)8-15-22-23(16(2)26-31-22)25-24(28)19-9-10-19/h4-8,11-15,19,27H,3,9-10H2,1-2H3,(H,25,28)/b15-8-. The summed E-state index contributed by atoms with van der Waals surface area (Å²) in [5, 5.41) is 6.81. The van der Waals surface area contributed by atoms with Crippen molar-refractivity contribution in [2.75, 3.05) is 10.0 Å². The zero-order valence-corrected chi connectivity index (χ0v) is 18.8. The van der Waals surface area contributed by atoms with Gasteiger partial charge in [0.2, 0.25) is 5.91 Å². The SMILES string of the molecule is CCc1ccc(NS(=O)(=O)c2ccc(/C=C\c3onc(C)c3NC(=O)C3CC3)cc2)cc1. The maximum atomic E-state index is 12.7. The first-order valence-corrected chi connectivity index (χ1v) is 12.0. The largest absolute Gasteiger partial charge is 0.354 e. The first-order valence-electron chi connectivity index (χ1n) is 10.5. The van der Waals surface area contributed by atoms with Crippen LogP contribution in [0.4, 0.5) is 11.4 Å². The number of carbonyl (C=O) groups is 1. The first-order chi connectivity index (χ1) is 15.4. The number of aromatic nitrogens is 1. The van der Waals surface area contributed by atoms with Crippen LogP contribution in [0.3, 0.4) is 0 Å². The van der Waals surface area contributed by atoms with Crippen LogP contribution in [0, 0.1) is 12.8 Å². The van der Waals surface area contributed by atoms with Crippen LogP contribution < -0.4 is 10.0 Å². The van der Waals surface area contributed by atoms with E-state index in [9.17, 15) is 13.2 Å². The molecule has 0 unspecified atom stereocenters. The second kappa shape index (κ2) is 9.00. The summed E-state index contributed by atoms with van der Waals surface area (Å²) in [4.78, 5) is 12.2. The maximum Gasteiger partial charge on any atom is 0.261 e. The summed E-state index contributed by atoms with van der Waals surface area (Å²) in [6.07, 6.45) is 6.20. The molecule has 0 radical (unpaired) electrons. The number of nitrogens with zero attached hydrogens (tertiary/aromatic N) is 1. The number of aryl methyl sites for hydroxylation is 2. The molecule has 1 saturated carbocycles. The highest BCUT2D eigenvalue weighted by molar-refractivity contribution is 7.92. The van der Waals surface area contributed by atoms with Crippen LogP contribution in [0.15, 0.2) is 57.9 Å². The summed E-state index contributed by atoms with van der Waals surface area (Å²) in [5.41, 5.74) is 3.62. The van der Waals surface area contributed by atoms with E-state index in [-0.39, 0.29) is 16.7 Å². The number of sulfonamides is 1. The molecule has 1 fully saturated rings. The van der Waals surface area contributed by atoms with Crippen LogP contribution in [0.5, 0.6) is 0 Å². The molecule has 3 aromatic rings. The molecule has 0 saturated heterocycles. The average molecular weight is 452 g/mol. The summed E-state index contributed by atoms with van der Waals surface area (Å²) in [7, 11) is -3.69. The molecule has 2 N–H and O–H groups in total. The van der Waals surface area contributed by atoms with Crippen molar-refractivity contribution in [2.24, 2.45) is 5.92 Å². The highest BCUT2D eigenvalue weighted by Crippen LogP contribution is 2.32. The van der Waals surface area contributed by atoms with Gasteiger partial charge in [-0.25, -0.2) is 8.42 Å². The van der Waals surface area contributed by atoms with Gasteiger partial charge in [0.1, 0.15) is 11.4 Å². The van der Waals surface area contributed by atoms with Crippen LogP contribution in [0.25, 0.3) is 12.2 Å². The molecule has 0 bridgehead atoms. The topological polar surface area (TPSA) is 101 Å². The van der Waals surface area contributed by atoms with E-state index in [2.05, 4.69) is 15.2 Å². The Hall–Kier alpha value is -3.39. The van der Waals surface area contributed by atoms with Gasteiger partial charge in [0, 0.05) is 11.6 Å². The van der Waals surface area contributed by atoms with Crippen molar-refractivity contribution >= 4 is 39.5 Å². The van der Waals surface area contributed by atoms with Crippen LogP contribution in [0.1, 0.15) is 42.3 Å². The van der Waals surface area contributed by atoms with Crippen molar-refractivity contribution < 1.29 is 17.7 Å². The summed E-state index contributed by atoms with van der Waals surface area (Å²) in [6, 6.07) is 13.8. The number of amides is 1. The lowest BCUT2D eigenvalue weighted by molar-refractivity contribution is -0.117. The molecule has 4 rings (SSSR count). The van der Waals surface area contributed by atoms with Gasteiger partial charge in [-0.1, -0.05) is 42.4 Å². The molecular weight excluding hydrogens is 426 g/mol. The van der Waals surface area contributed by atoms with Gasteiger partial charge in [0.15, 0.2) is 5.76 Å². The molecule has 32 heavy (non-hydrogen) atoms. The Bertz CT molecular complexity index is 1240. The fraction of sp³-hybridized carbons (Fsp3) is 0.250. The van der Waals surface area contributed by atoms with Crippen molar-refractivity contribution in [2.45, 2.75) is 38.0 Å². The molecule has 0 spiro atoms. The molecular formula is C24H25N3O4S. The third-order valence-corrected chi connectivity index (χ3v) is 6.71. The van der Waals surface area contributed by atoms with Gasteiger partial charge in [-0.3, -0.25) is 9.52 Å². The van der Waals surface area contributed by atoms with Crippen molar-refractivity contribution in [3.8, 4) is 0 Å². The molecule has 2 aromatic carbocycles. The summed E-state index contributed by atoms with van der Waals surface area (Å²) < 4.78 is 33.2. The maximum absolute atomic E-state index is 12.7. The van der Waals surface area contributed by atoms with E-state index in [1.165, 1.54) is 0 Å². The Balaban J connectivity index is 1.45. The first kappa shape index (κ1) is 21.8. The predicted octanol–water partition coefficient (Wildman–Crippen LogP) is 4.87. The van der Waals surface area contributed by atoms with E-state index < -0.39 is 10.0 Å². The van der Waals surface area contributed by atoms with Gasteiger partial charge in [-0.05, 0) is 67.7 Å². The Labute approximate surface area is 187 Å². The highest BCUT2D eigenvalue weighted by Gasteiger charge is 2.30.